The van der Waals surface area contributed by atoms with E-state index < -0.39 is 0 Å². The number of nitrogens with one attached hydrogen (secondary N) is 1. The van der Waals surface area contributed by atoms with Crippen LogP contribution in [0.3, 0.4) is 0 Å². The molecule has 98 valence electrons. The molecule has 1 aliphatic rings. The second kappa shape index (κ2) is 5.30. The van der Waals surface area contributed by atoms with Gasteiger partial charge in [0.2, 0.25) is 5.82 Å². The summed E-state index contributed by atoms with van der Waals surface area (Å²) in [4.78, 5) is 17.1. The number of hydrogen-bond donors (Lipinski definition) is 1. The first-order valence-corrected chi connectivity index (χ1v) is 6.22. The highest BCUT2D eigenvalue weighted by Crippen LogP contribution is 2.28. The molecule has 0 atom stereocenters. The summed E-state index contributed by atoms with van der Waals surface area (Å²) in [6, 6.07) is 1.91. The molecule has 1 fully saturated rings. The molecule has 1 aromatic heterocycles. The third-order valence-corrected chi connectivity index (χ3v) is 3.12. The minimum atomic E-state index is -0.343. The molecule has 2 heterocycles. The van der Waals surface area contributed by atoms with Crippen molar-refractivity contribution in [2.24, 2.45) is 0 Å². The van der Waals surface area contributed by atoms with Crippen LogP contribution in [0.5, 0.6) is 0 Å². The summed E-state index contributed by atoms with van der Waals surface area (Å²) in [5.41, 5.74) is 0.920. The van der Waals surface area contributed by atoms with E-state index in [1.165, 1.54) is 0 Å². The van der Waals surface area contributed by atoms with Crippen molar-refractivity contribution in [3.05, 3.63) is 27.9 Å². The van der Waals surface area contributed by atoms with E-state index in [2.05, 4.69) is 17.2 Å². The zero-order chi connectivity index (χ0) is 13.1. The molecule has 0 aliphatic carbocycles. The fourth-order valence-electron chi connectivity index (χ4n) is 2.10. The Morgan fingerprint density at radius 3 is 2.83 bits per heavy atom. The van der Waals surface area contributed by atoms with Crippen molar-refractivity contribution in [3.8, 4) is 0 Å². The number of aromatic nitrogens is 1. The van der Waals surface area contributed by atoms with Gasteiger partial charge in [-0.1, -0.05) is 6.92 Å². The van der Waals surface area contributed by atoms with Crippen molar-refractivity contribution in [1.29, 1.82) is 0 Å². The van der Waals surface area contributed by atoms with Crippen LogP contribution in [0.2, 0.25) is 0 Å². The van der Waals surface area contributed by atoms with E-state index in [1.54, 1.807) is 12.3 Å². The molecule has 0 bridgehead atoms. The lowest BCUT2D eigenvalue weighted by atomic mass is 10.1. The van der Waals surface area contributed by atoms with E-state index >= 15 is 0 Å². The number of anilines is 1. The molecule has 6 nitrogen and oxygen atoms in total. The van der Waals surface area contributed by atoms with E-state index in [9.17, 15) is 10.1 Å². The summed E-state index contributed by atoms with van der Waals surface area (Å²) in [5.74, 6) is 0.499. The lowest BCUT2D eigenvalue weighted by Gasteiger charge is -2.38. The van der Waals surface area contributed by atoms with Crippen molar-refractivity contribution in [1.82, 2.24) is 10.3 Å². The second-order valence-corrected chi connectivity index (χ2v) is 4.62. The van der Waals surface area contributed by atoms with Crippen LogP contribution in [-0.4, -0.2) is 35.6 Å². The van der Waals surface area contributed by atoms with Crippen LogP contribution in [0.15, 0.2) is 12.3 Å². The van der Waals surface area contributed by atoms with E-state index in [1.807, 2.05) is 11.8 Å². The van der Waals surface area contributed by atoms with Crippen LogP contribution in [0.4, 0.5) is 11.5 Å². The van der Waals surface area contributed by atoms with Crippen LogP contribution in [0.1, 0.15) is 18.9 Å². The van der Waals surface area contributed by atoms with Crippen LogP contribution in [0.25, 0.3) is 0 Å². The molecule has 0 unspecified atom stereocenters. The van der Waals surface area contributed by atoms with Crippen LogP contribution < -0.4 is 10.2 Å². The van der Waals surface area contributed by atoms with Gasteiger partial charge in [0, 0.05) is 31.9 Å². The highest BCUT2D eigenvalue weighted by atomic mass is 16.6. The van der Waals surface area contributed by atoms with E-state index in [0.717, 1.165) is 31.6 Å². The molecule has 0 radical (unpaired) electrons. The standard InChI is InChI=1S/C12H18N4O2/c1-3-4-15(10-7-13-8-10)12-11(16(17)18)5-9(2)6-14-12/h5-6,10,13H,3-4,7-8H2,1-2H3. The lowest BCUT2D eigenvalue weighted by molar-refractivity contribution is -0.384. The molecule has 1 aromatic rings. The predicted molar refractivity (Wildman–Crippen MR) is 69.9 cm³/mol. The Balaban J connectivity index is 2.36. The third-order valence-electron chi connectivity index (χ3n) is 3.12. The zero-order valence-corrected chi connectivity index (χ0v) is 10.7. The number of aryl methyl sites for hydroxylation is 1. The fraction of sp³-hybridized carbons (Fsp3) is 0.583. The van der Waals surface area contributed by atoms with E-state index in [0.29, 0.717) is 11.9 Å². The molecule has 0 saturated carbocycles. The molecule has 6 heteroatoms. The van der Waals surface area contributed by atoms with Gasteiger partial charge in [-0.05, 0) is 18.9 Å². The fourth-order valence-corrected chi connectivity index (χ4v) is 2.10. The second-order valence-electron chi connectivity index (χ2n) is 4.62. The maximum Gasteiger partial charge on any atom is 0.311 e. The number of pyridine rings is 1. The summed E-state index contributed by atoms with van der Waals surface area (Å²) in [7, 11) is 0. The summed E-state index contributed by atoms with van der Waals surface area (Å²) >= 11 is 0. The molecule has 0 spiro atoms. The van der Waals surface area contributed by atoms with Crippen LogP contribution in [0, 0.1) is 17.0 Å². The smallest absolute Gasteiger partial charge is 0.311 e. The quantitative estimate of drug-likeness (QED) is 0.633. The Morgan fingerprint density at radius 2 is 2.33 bits per heavy atom. The Bertz CT molecular complexity index is 446. The first-order valence-electron chi connectivity index (χ1n) is 6.22. The number of nitro groups is 1. The number of nitrogens with zero attached hydrogens (tertiary/aromatic N) is 3. The predicted octanol–water partition coefficient (Wildman–Crippen LogP) is 1.49. The highest BCUT2D eigenvalue weighted by Gasteiger charge is 2.30. The summed E-state index contributed by atoms with van der Waals surface area (Å²) in [6.07, 6.45) is 2.64. The molecule has 1 saturated heterocycles. The maximum atomic E-state index is 11.1. The molecule has 1 N–H and O–H groups in total. The van der Waals surface area contributed by atoms with Gasteiger partial charge in [0.15, 0.2) is 0 Å². The van der Waals surface area contributed by atoms with Crippen LogP contribution >= 0.6 is 0 Å². The van der Waals surface area contributed by atoms with Crippen LogP contribution in [-0.2, 0) is 0 Å². The average Bonchev–Trinajstić information content (AvgIpc) is 2.26. The lowest BCUT2D eigenvalue weighted by Crippen LogP contribution is -2.58. The van der Waals surface area contributed by atoms with Gasteiger partial charge in [-0.3, -0.25) is 10.1 Å². The van der Waals surface area contributed by atoms with Gasteiger partial charge in [-0.25, -0.2) is 4.98 Å². The first kappa shape index (κ1) is 12.8. The summed E-state index contributed by atoms with van der Waals surface area (Å²) in [5, 5.41) is 14.3. The monoisotopic (exact) mass is 250 g/mol. The minimum Gasteiger partial charge on any atom is -0.345 e. The van der Waals surface area contributed by atoms with Crippen molar-refractivity contribution in [2.45, 2.75) is 26.3 Å². The van der Waals surface area contributed by atoms with Crippen molar-refractivity contribution in [3.63, 3.8) is 0 Å². The van der Waals surface area contributed by atoms with Crippen molar-refractivity contribution in [2.75, 3.05) is 24.5 Å². The van der Waals surface area contributed by atoms with Gasteiger partial charge < -0.3 is 10.2 Å². The minimum absolute atomic E-state index is 0.107. The Labute approximate surface area is 106 Å². The maximum absolute atomic E-state index is 11.1. The summed E-state index contributed by atoms with van der Waals surface area (Å²) < 4.78 is 0. The Hall–Kier alpha value is -1.69. The Kier molecular flexibility index (Phi) is 3.76. The van der Waals surface area contributed by atoms with Gasteiger partial charge in [-0.15, -0.1) is 0 Å². The molecule has 18 heavy (non-hydrogen) atoms. The SMILES string of the molecule is CCCN(c1ncc(C)cc1[N+](=O)[O-])C1CNC1. The van der Waals surface area contributed by atoms with Gasteiger partial charge in [0.05, 0.1) is 11.0 Å². The molecule has 2 rings (SSSR count). The van der Waals surface area contributed by atoms with Gasteiger partial charge >= 0.3 is 5.69 Å². The topological polar surface area (TPSA) is 71.3 Å². The van der Waals surface area contributed by atoms with Gasteiger partial charge in [0.25, 0.3) is 0 Å². The third kappa shape index (κ3) is 2.43. The van der Waals surface area contributed by atoms with E-state index in [-0.39, 0.29) is 10.6 Å². The first-order chi connectivity index (χ1) is 8.63. The summed E-state index contributed by atoms with van der Waals surface area (Å²) in [6.45, 7) is 6.42. The molecule has 0 aromatic carbocycles. The van der Waals surface area contributed by atoms with Crippen molar-refractivity contribution >= 4 is 11.5 Å². The van der Waals surface area contributed by atoms with Gasteiger partial charge in [0.1, 0.15) is 0 Å². The Morgan fingerprint density at radius 1 is 1.61 bits per heavy atom. The number of hydrogen-bond acceptors (Lipinski definition) is 5. The zero-order valence-electron chi connectivity index (χ0n) is 10.7. The number of rotatable bonds is 5. The largest absolute Gasteiger partial charge is 0.345 e. The van der Waals surface area contributed by atoms with Crippen molar-refractivity contribution < 1.29 is 4.92 Å². The molecule has 1 aliphatic heterocycles. The van der Waals surface area contributed by atoms with E-state index in [4.69, 9.17) is 0 Å². The molecular formula is C12H18N4O2. The average molecular weight is 250 g/mol. The normalized spacial score (nSPS) is 15.2. The molecular weight excluding hydrogens is 232 g/mol. The molecule has 0 amide bonds. The highest BCUT2D eigenvalue weighted by molar-refractivity contribution is 5.59. The van der Waals surface area contributed by atoms with Gasteiger partial charge in [-0.2, -0.15) is 0 Å².